The molecule has 0 radical (unpaired) electrons. The molecule has 1 aliphatic rings. The molecule has 0 amide bonds. The molecule has 0 aromatic heterocycles. The fraction of sp³-hybridized carbons (Fsp3) is 1.00. The maximum atomic E-state index is 6.06. The second-order valence-electron chi connectivity index (χ2n) is 3.45. The van der Waals surface area contributed by atoms with Crippen LogP contribution in [0.2, 0.25) is 0 Å². The van der Waals surface area contributed by atoms with E-state index in [1.807, 2.05) is 11.8 Å². The predicted octanol–water partition coefficient (Wildman–Crippen LogP) is 1.49. The smallest absolute Gasteiger partial charge is 0.0819 e. The zero-order chi connectivity index (χ0) is 8.97. The van der Waals surface area contributed by atoms with Gasteiger partial charge < -0.3 is 10.5 Å². The molecule has 0 saturated carbocycles. The van der Waals surface area contributed by atoms with Gasteiger partial charge in [0.25, 0.3) is 0 Å². The maximum absolute atomic E-state index is 6.06. The average Bonchev–Trinajstić information content (AvgIpc) is 2.17. The van der Waals surface area contributed by atoms with Gasteiger partial charge in [0.05, 0.1) is 12.7 Å². The molecule has 0 aromatic rings. The molecule has 1 fully saturated rings. The van der Waals surface area contributed by atoms with Gasteiger partial charge in [-0.25, -0.2) is 0 Å². The Kier molecular flexibility index (Phi) is 4.40. The topological polar surface area (TPSA) is 35.2 Å². The molecular formula is C9H19NOS. The van der Waals surface area contributed by atoms with Crippen LogP contribution in [0.5, 0.6) is 0 Å². The Labute approximate surface area is 79.2 Å². The van der Waals surface area contributed by atoms with E-state index in [1.54, 1.807) is 0 Å². The van der Waals surface area contributed by atoms with Gasteiger partial charge in [0, 0.05) is 17.5 Å². The van der Waals surface area contributed by atoms with Crippen LogP contribution in [0.4, 0.5) is 0 Å². The molecule has 3 heteroatoms. The normalized spacial score (nSPS) is 29.8. The molecule has 0 aliphatic carbocycles. The Morgan fingerprint density at radius 2 is 2.42 bits per heavy atom. The van der Waals surface area contributed by atoms with Gasteiger partial charge in [-0.05, 0) is 5.92 Å². The number of ether oxygens (including phenoxy) is 1. The largest absolute Gasteiger partial charge is 0.375 e. The van der Waals surface area contributed by atoms with Crippen molar-refractivity contribution in [1.29, 1.82) is 0 Å². The van der Waals surface area contributed by atoms with Crippen molar-refractivity contribution >= 4 is 11.8 Å². The molecule has 2 nitrogen and oxygen atoms in total. The van der Waals surface area contributed by atoms with E-state index in [0.29, 0.717) is 12.0 Å². The number of nitrogens with two attached hydrogens (primary N) is 1. The maximum Gasteiger partial charge on any atom is 0.0819 e. The first-order valence-corrected chi connectivity index (χ1v) is 5.86. The van der Waals surface area contributed by atoms with Crippen LogP contribution in [0.25, 0.3) is 0 Å². The highest BCUT2D eigenvalue weighted by atomic mass is 32.2. The SMILES string of the molecule is CCC(C)C(N)C1CSCCO1. The van der Waals surface area contributed by atoms with Crippen molar-refractivity contribution in [2.45, 2.75) is 32.4 Å². The van der Waals surface area contributed by atoms with E-state index in [1.165, 1.54) is 0 Å². The lowest BCUT2D eigenvalue weighted by molar-refractivity contribution is 0.0434. The third-order valence-corrected chi connectivity index (χ3v) is 3.59. The van der Waals surface area contributed by atoms with Crippen molar-refractivity contribution < 1.29 is 4.74 Å². The standard InChI is InChI=1S/C9H19NOS/c1-3-7(2)9(10)8-6-12-5-4-11-8/h7-9H,3-6,10H2,1-2H3. The molecule has 3 atom stereocenters. The molecule has 2 N–H and O–H groups in total. The van der Waals surface area contributed by atoms with Crippen molar-refractivity contribution in [3.63, 3.8) is 0 Å². The van der Waals surface area contributed by atoms with Gasteiger partial charge in [-0.1, -0.05) is 20.3 Å². The lowest BCUT2D eigenvalue weighted by Gasteiger charge is -2.30. The van der Waals surface area contributed by atoms with Gasteiger partial charge in [0.15, 0.2) is 0 Å². The van der Waals surface area contributed by atoms with Crippen molar-refractivity contribution in [1.82, 2.24) is 0 Å². The molecule has 1 rings (SSSR count). The second kappa shape index (κ2) is 5.10. The average molecular weight is 189 g/mol. The van der Waals surface area contributed by atoms with Crippen LogP contribution in [0.3, 0.4) is 0 Å². The molecule has 0 spiro atoms. The Balaban J connectivity index is 2.33. The lowest BCUT2D eigenvalue weighted by atomic mass is 9.96. The van der Waals surface area contributed by atoms with E-state index in [9.17, 15) is 0 Å². The molecule has 0 aromatic carbocycles. The molecular weight excluding hydrogens is 170 g/mol. The molecule has 1 saturated heterocycles. The van der Waals surface area contributed by atoms with Crippen LogP contribution < -0.4 is 5.73 Å². The highest BCUT2D eigenvalue weighted by Crippen LogP contribution is 2.19. The van der Waals surface area contributed by atoms with Crippen LogP contribution in [-0.2, 0) is 4.74 Å². The molecule has 72 valence electrons. The minimum absolute atomic E-state index is 0.225. The van der Waals surface area contributed by atoms with Crippen molar-refractivity contribution in [3.8, 4) is 0 Å². The zero-order valence-electron chi connectivity index (χ0n) is 7.95. The van der Waals surface area contributed by atoms with E-state index in [4.69, 9.17) is 10.5 Å². The predicted molar refractivity (Wildman–Crippen MR) is 54.5 cm³/mol. The minimum Gasteiger partial charge on any atom is -0.375 e. The van der Waals surface area contributed by atoms with Crippen molar-refractivity contribution in [3.05, 3.63) is 0 Å². The Hall–Kier alpha value is 0.270. The monoisotopic (exact) mass is 189 g/mol. The molecule has 12 heavy (non-hydrogen) atoms. The van der Waals surface area contributed by atoms with Gasteiger partial charge in [-0.15, -0.1) is 0 Å². The third kappa shape index (κ3) is 2.64. The Morgan fingerprint density at radius 1 is 1.67 bits per heavy atom. The van der Waals surface area contributed by atoms with Gasteiger partial charge in [-0.3, -0.25) is 0 Å². The van der Waals surface area contributed by atoms with Crippen molar-refractivity contribution in [2.24, 2.45) is 11.7 Å². The van der Waals surface area contributed by atoms with E-state index in [2.05, 4.69) is 13.8 Å². The summed E-state index contributed by atoms with van der Waals surface area (Å²) in [6, 6.07) is 0.225. The van der Waals surface area contributed by atoms with Gasteiger partial charge in [0.1, 0.15) is 0 Å². The first-order valence-electron chi connectivity index (χ1n) is 4.70. The molecule has 1 heterocycles. The summed E-state index contributed by atoms with van der Waals surface area (Å²) >= 11 is 1.95. The summed E-state index contributed by atoms with van der Waals surface area (Å²) in [5.41, 5.74) is 6.06. The number of thioether (sulfide) groups is 1. The highest BCUT2D eigenvalue weighted by molar-refractivity contribution is 7.99. The summed E-state index contributed by atoms with van der Waals surface area (Å²) < 4.78 is 5.62. The fourth-order valence-corrected chi connectivity index (χ4v) is 2.30. The van der Waals surface area contributed by atoms with Gasteiger partial charge in [0.2, 0.25) is 0 Å². The zero-order valence-corrected chi connectivity index (χ0v) is 8.77. The highest BCUT2D eigenvalue weighted by Gasteiger charge is 2.24. The number of rotatable bonds is 3. The van der Waals surface area contributed by atoms with E-state index < -0.39 is 0 Å². The van der Waals surface area contributed by atoms with Crippen LogP contribution in [-0.4, -0.2) is 30.3 Å². The summed E-state index contributed by atoms with van der Waals surface area (Å²) in [4.78, 5) is 0. The second-order valence-corrected chi connectivity index (χ2v) is 4.60. The fourth-order valence-electron chi connectivity index (χ4n) is 1.37. The summed E-state index contributed by atoms with van der Waals surface area (Å²) in [5, 5.41) is 0. The first-order chi connectivity index (χ1) is 5.75. The van der Waals surface area contributed by atoms with Crippen molar-refractivity contribution in [2.75, 3.05) is 18.1 Å². The van der Waals surface area contributed by atoms with Crippen LogP contribution in [0.15, 0.2) is 0 Å². The number of hydrogen-bond donors (Lipinski definition) is 1. The van der Waals surface area contributed by atoms with E-state index in [-0.39, 0.29) is 6.04 Å². The Bertz CT molecular complexity index is 126. The molecule has 0 bridgehead atoms. The lowest BCUT2D eigenvalue weighted by Crippen LogP contribution is -2.45. The molecule has 3 unspecified atom stereocenters. The molecule has 1 aliphatic heterocycles. The van der Waals surface area contributed by atoms with E-state index >= 15 is 0 Å². The summed E-state index contributed by atoms with van der Waals surface area (Å²) in [7, 11) is 0. The summed E-state index contributed by atoms with van der Waals surface area (Å²) in [6.07, 6.45) is 1.43. The quantitative estimate of drug-likeness (QED) is 0.730. The van der Waals surface area contributed by atoms with E-state index in [0.717, 1.165) is 24.5 Å². The third-order valence-electron chi connectivity index (χ3n) is 2.57. The Morgan fingerprint density at radius 3 is 2.92 bits per heavy atom. The van der Waals surface area contributed by atoms with Crippen LogP contribution in [0, 0.1) is 5.92 Å². The first kappa shape index (κ1) is 10.4. The summed E-state index contributed by atoms with van der Waals surface area (Å²) in [5.74, 6) is 2.78. The minimum atomic E-state index is 0.225. The summed E-state index contributed by atoms with van der Waals surface area (Å²) in [6.45, 7) is 5.26. The number of hydrogen-bond acceptors (Lipinski definition) is 3. The van der Waals surface area contributed by atoms with Gasteiger partial charge >= 0.3 is 0 Å². The van der Waals surface area contributed by atoms with Crippen LogP contribution >= 0.6 is 11.8 Å². The van der Waals surface area contributed by atoms with Crippen LogP contribution in [0.1, 0.15) is 20.3 Å². The van der Waals surface area contributed by atoms with Gasteiger partial charge in [-0.2, -0.15) is 11.8 Å².